The molecule has 2 saturated heterocycles. The first-order chi connectivity index (χ1) is 10.2. The van der Waals surface area contributed by atoms with Crippen LogP contribution in [0, 0.1) is 0 Å². The van der Waals surface area contributed by atoms with Gasteiger partial charge in [-0.05, 0) is 30.7 Å². The first kappa shape index (κ1) is 15.4. The number of nitrogens with zero attached hydrogens (tertiary/aromatic N) is 1. The molecule has 1 N–H and O–H groups in total. The van der Waals surface area contributed by atoms with E-state index >= 15 is 0 Å². The summed E-state index contributed by atoms with van der Waals surface area (Å²) in [6, 6.07) is 5.40. The Morgan fingerprint density at radius 2 is 1.91 bits per heavy atom. The van der Waals surface area contributed by atoms with Crippen LogP contribution in [0.1, 0.15) is 13.3 Å². The highest BCUT2D eigenvalue weighted by Crippen LogP contribution is 2.36. The summed E-state index contributed by atoms with van der Waals surface area (Å²) in [6.07, 6.45) is 0.380. The summed E-state index contributed by atoms with van der Waals surface area (Å²) >= 11 is 0. The van der Waals surface area contributed by atoms with Crippen LogP contribution >= 0.6 is 0 Å². The molecule has 2 fully saturated rings. The van der Waals surface area contributed by atoms with Crippen LogP contribution in [0.5, 0.6) is 0 Å². The van der Waals surface area contributed by atoms with Crippen LogP contribution in [0.15, 0.2) is 29.2 Å². The zero-order valence-corrected chi connectivity index (χ0v) is 13.5. The van der Waals surface area contributed by atoms with E-state index in [1.54, 1.807) is 0 Å². The second kappa shape index (κ2) is 5.04. The van der Waals surface area contributed by atoms with Crippen LogP contribution in [0.4, 0.5) is 5.69 Å². The van der Waals surface area contributed by atoms with Gasteiger partial charge in [0.05, 0.1) is 15.9 Å². The number of hydrogen-bond donors (Lipinski definition) is 1. The lowest BCUT2D eigenvalue weighted by Gasteiger charge is -2.26. The van der Waals surface area contributed by atoms with Gasteiger partial charge in [-0.25, -0.2) is 16.8 Å². The van der Waals surface area contributed by atoms with Crippen molar-refractivity contribution in [3.63, 3.8) is 0 Å². The number of sulfone groups is 1. The second-order valence-electron chi connectivity index (χ2n) is 5.62. The molecule has 2 bridgehead atoms. The highest BCUT2D eigenvalue weighted by molar-refractivity contribution is 7.93. The Morgan fingerprint density at radius 1 is 1.27 bits per heavy atom. The van der Waals surface area contributed by atoms with Crippen LogP contribution in [0.2, 0.25) is 0 Å². The van der Waals surface area contributed by atoms with Gasteiger partial charge in [0.25, 0.3) is 0 Å². The van der Waals surface area contributed by atoms with E-state index in [0.717, 1.165) is 0 Å². The fraction of sp³-hybridized carbons (Fsp3) is 0.462. The lowest BCUT2D eigenvalue weighted by atomic mass is 10.3. The molecule has 1 amide bonds. The van der Waals surface area contributed by atoms with Gasteiger partial charge >= 0.3 is 0 Å². The Bertz CT molecular complexity index is 814. The van der Waals surface area contributed by atoms with Crippen molar-refractivity contribution in [2.24, 2.45) is 0 Å². The van der Waals surface area contributed by atoms with Crippen molar-refractivity contribution in [2.75, 3.05) is 17.6 Å². The average Bonchev–Trinajstić information content (AvgIpc) is 2.94. The van der Waals surface area contributed by atoms with E-state index in [-0.39, 0.29) is 23.1 Å². The molecular formula is C13H16N2O5S2. The Morgan fingerprint density at radius 3 is 2.36 bits per heavy atom. The number of nitrogens with one attached hydrogen (secondary N) is 1. The summed E-state index contributed by atoms with van der Waals surface area (Å²) in [6.45, 7) is 1.40. The van der Waals surface area contributed by atoms with Crippen molar-refractivity contribution in [3.8, 4) is 0 Å². The monoisotopic (exact) mass is 344 g/mol. The molecule has 0 radical (unpaired) electrons. The second-order valence-corrected chi connectivity index (χ2v) is 9.84. The SMILES string of the molecule is CC(=O)Nc1ccc(S(=O)(=O)N2C[C@H]3C[C@H]2CS3(=O)=O)cc1. The van der Waals surface area contributed by atoms with Crippen molar-refractivity contribution in [3.05, 3.63) is 24.3 Å². The van der Waals surface area contributed by atoms with Crippen LogP contribution in [0.3, 0.4) is 0 Å². The summed E-state index contributed by atoms with van der Waals surface area (Å²) in [7, 11) is -6.85. The molecule has 2 heterocycles. The highest BCUT2D eigenvalue weighted by atomic mass is 32.2. The molecule has 2 aliphatic rings. The lowest BCUT2D eigenvalue weighted by molar-refractivity contribution is -0.114. The molecule has 0 spiro atoms. The Balaban J connectivity index is 1.84. The van der Waals surface area contributed by atoms with Crippen molar-refractivity contribution in [1.29, 1.82) is 0 Å². The first-order valence-corrected chi connectivity index (χ1v) is 9.97. The molecular weight excluding hydrogens is 328 g/mol. The number of sulfonamides is 1. The van der Waals surface area contributed by atoms with E-state index in [1.807, 2.05) is 0 Å². The molecule has 9 heteroatoms. The maximum absolute atomic E-state index is 12.6. The normalized spacial score (nSPS) is 27.0. The molecule has 1 aromatic rings. The third kappa shape index (κ3) is 2.53. The zero-order chi connectivity index (χ0) is 16.1. The molecule has 0 aliphatic carbocycles. The van der Waals surface area contributed by atoms with Gasteiger partial charge in [0, 0.05) is 25.2 Å². The van der Waals surface area contributed by atoms with Gasteiger partial charge in [0.2, 0.25) is 15.9 Å². The zero-order valence-electron chi connectivity index (χ0n) is 11.9. The molecule has 0 unspecified atom stereocenters. The van der Waals surface area contributed by atoms with Crippen molar-refractivity contribution >= 4 is 31.5 Å². The van der Waals surface area contributed by atoms with Crippen LogP contribution in [-0.2, 0) is 24.7 Å². The van der Waals surface area contributed by atoms with E-state index in [0.29, 0.717) is 12.1 Å². The highest BCUT2D eigenvalue weighted by Gasteiger charge is 2.52. The Kier molecular flexibility index (Phi) is 3.54. The van der Waals surface area contributed by atoms with Gasteiger partial charge < -0.3 is 5.32 Å². The number of carbonyl (C=O) groups excluding carboxylic acids is 1. The van der Waals surface area contributed by atoms with Gasteiger partial charge in [-0.3, -0.25) is 4.79 Å². The molecule has 2 aliphatic heterocycles. The first-order valence-electron chi connectivity index (χ1n) is 6.81. The van der Waals surface area contributed by atoms with Gasteiger partial charge in [0.1, 0.15) is 0 Å². The molecule has 2 atom stereocenters. The standard InChI is InChI=1S/C13H16N2O5S2/c1-9(16)14-10-2-4-12(5-3-10)22(19,20)15-7-13-6-11(15)8-21(13,17)18/h2-5,11,13H,6-8H2,1H3,(H,14,16)/t11-,13+/m0/s1. The molecule has 22 heavy (non-hydrogen) atoms. The van der Waals surface area contributed by atoms with Gasteiger partial charge in [-0.2, -0.15) is 4.31 Å². The number of hydrogen-bond acceptors (Lipinski definition) is 5. The number of rotatable bonds is 3. The predicted octanol–water partition coefficient (Wildman–Crippen LogP) is 0.205. The molecule has 0 aromatic heterocycles. The Labute approximate surface area is 129 Å². The summed E-state index contributed by atoms with van der Waals surface area (Å²) in [5.41, 5.74) is 0.511. The fourth-order valence-corrected chi connectivity index (χ4v) is 6.90. The minimum Gasteiger partial charge on any atom is -0.326 e. The van der Waals surface area contributed by atoms with Gasteiger partial charge in [-0.1, -0.05) is 0 Å². The minimum absolute atomic E-state index is 0.0305. The number of fused-ring (bicyclic) bond motifs is 2. The molecule has 0 saturated carbocycles. The summed E-state index contributed by atoms with van der Waals surface area (Å²) < 4.78 is 49.9. The van der Waals surface area contributed by atoms with E-state index < -0.39 is 31.2 Å². The number of anilines is 1. The lowest BCUT2D eigenvalue weighted by Crippen LogP contribution is -2.43. The third-order valence-electron chi connectivity index (χ3n) is 4.04. The van der Waals surface area contributed by atoms with E-state index in [1.165, 1.54) is 35.5 Å². The van der Waals surface area contributed by atoms with E-state index in [2.05, 4.69) is 5.32 Å². The number of benzene rings is 1. The van der Waals surface area contributed by atoms with Crippen LogP contribution in [0.25, 0.3) is 0 Å². The predicted molar refractivity (Wildman–Crippen MR) is 80.6 cm³/mol. The summed E-state index contributed by atoms with van der Waals surface area (Å²) in [4.78, 5) is 11.1. The average molecular weight is 344 g/mol. The molecule has 3 rings (SSSR count). The van der Waals surface area contributed by atoms with Crippen LogP contribution in [-0.4, -0.2) is 50.6 Å². The molecule has 120 valence electrons. The Hall–Kier alpha value is -1.45. The smallest absolute Gasteiger partial charge is 0.243 e. The number of carbonyl (C=O) groups is 1. The van der Waals surface area contributed by atoms with Crippen LogP contribution < -0.4 is 5.32 Å². The quantitative estimate of drug-likeness (QED) is 0.844. The molecule has 7 nitrogen and oxygen atoms in total. The van der Waals surface area contributed by atoms with Crippen molar-refractivity contribution < 1.29 is 21.6 Å². The van der Waals surface area contributed by atoms with Crippen molar-refractivity contribution in [1.82, 2.24) is 4.31 Å². The van der Waals surface area contributed by atoms with Crippen molar-refractivity contribution in [2.45, 2.75) is 29.5 Å². The van der Waals surface area contributed by atoms with E-state index in [9.17, 15) is 21.6 Å². The fourth-order valence-electron chi connectivity index (χ4n) is 3.00. The van der Waals surface area contributed by atoms with Gasteiger partial charge in [-0.15, -0.1) is 0 Å². The third-order valence-corrected chi connectivity index (χ3v) is 8.18. The maximum Gasteiger partial charge on any atom is 0.243 e. The number of amides is 1. The summed E-state index contributed by atoms with van der Waals surface area (Å²) in [5.74, 6) is -0.335. The summed E-state index contributed by atoms with van der Waals surface area (Å²) in [5, 5.41) is 1.99. The minimum atomic E-state index is -3.71. The largest absolute Gasteiger partial charge is 0.326 e. The maximum atomic E-state index is 12.6. The van der Waals surface area contributed by atoms with E-state index in [4.69, 9.17) is 0 Å². The topological polar surface area (TPSA) is 101 Å². The molecule has 1 aromatic carbocycles. The van der Waals surface area contributed by atoms with Gasteiger partial charge in [0.15, 0.2) is 9.84 Å².